The summed E-state index contributed by atoms with van der Waals surface area (Å²) in [5.74, 6) is 0.184. The fourth-order valence-corrected chi connectivity index (χ4v) is 4.41. The Morgan fingerprint density at radius 1 is 1.27 bits per heavy atom. The number of nitrogens with zero attached hydrogens (tertiary/aromatic N) is 2. The van der Waals surface area contributed by atoms with Crippen LogP contribution in [0, 0.1) is 18.3 Å². The highest BCUT2D eigenvalue weighted by molar-refractivity contribution is 7.16. The van der Waals surface area contributed by atoms with Crippen molar-refractivity contribution < 1.29 is 9.32 Å². The van der Waals surface area contributed by atoms with E-state index < -0.39 is 0 Å². The number of amides is 1. The van der Waals surface area contributed by atoms with Crippen LogP contribution in [0.2, 0.25) is 0 Å². The fraction of sp³-hybridized carbons (Fsp3) is 0.250. The smallest absolute Gasteiger partial charge is 0.278 e. The first kappa shape index (κ1) is 16.6. The molecule has 1 aliphatic rings. The van der Waals surface area contributed by atoms with Crippen LogP contribution in [-0.2, 0) is 12.8 Å². The summed E-state index contributed by atoms with van der Waals surface area (Å²) >= 11 is 1.50. The number of aryl methyl sites for hydroxylation is 2. The second-order valence-electron chi connectivity index (χ2n) is 6.42. The first-order valence-corrected chi connectivity index (χ1v) is 9.37. The van der Waals surface area contributed by atoms with E-state index in [9.17, 15) is 10.1 Å². The number of nitriles is 1. The van der Waals surface area contributed by atoms with Crippen molar-refractivity contribution in [1.29, 1.82) is 5.26 Å². The number of carbonyl (C=O) groups is 1. The van der Waals surface area contributed by atoms with E-state index in [2.05, 4.69) is 16.5 Å². The largest absolute Gasteiger partial charge is 0.355 e. The SMILES string of the molecule is Cc1ccc(-c2cc(C(=O)Nc3sc4c(c3C#N)CCCC4)no2)cc1. The number of nitrogens with one attached hydrogen (secondary N) is 1. The first-order valence-electron chi connectivity index (χ1n) is 8.55. The summed E-state index contributed by atoms with van der Waals surface area (Å²) in [6, 6.07) is 11.7. The predicted molar refractivity (Wildman–Crippen MR) is 100 cm³/mol. The maximum Gasteiger partial charge on any atom is 0.278 e. The van der Waals surface area contributed by atoms with Gasteiger partial charge in [-0.3, -0.25) is 4.79 Å². The molecule has 4 rings (SSSR count). The Morgan fingerprint density at radius 3 is 2.81 bits per heavy atom. The molecule has 6 heteroatoms. The zero-order valence-electron chi connectivity index (χ0n) is 14.3. The van der Waals surface area contributed by atoms with Crippen LogP contribution < -0.4 is 5.32 Å². The molecule has 2 aromatic heterocycles. The standard InChI is InChI=1S/C20H17N3O2S/c1-12-6-8-13(9-7-12)17-10-16(23-25-17)19(24)22-20-15(11-21)14-4-2-3-5-18(14)26-20/h6-10H,2-5H2,1H3,(H,22,24). The van der Waals surface area contributed by atoms with Gasteiger partial charge in [0.05, 0.1) is 5.56 Å². The van der Waals surface area contributed by atoms with Crippen LogP contribution in [0.25, 0.3) is 11.3 Å². The highest BCUT2D eigenvalue weighted by Gasteiger charge is 2.23. The van der Waals surface area contributed by atoms with Gasteiger partial charge in [-0.2, -0.15) is 5.26 Å². The summed E-state index contributed by atoms with van der Waals surface area (Å²) < 4.78 is 5.31. The Bertz CT molecular complexity index is 1010. The number of aromatic nitrogens is 1. The Balaban J connectivity index is 1.57. The van der Waals surface area contributed by atoms with Gasteiger partial charge in [-0.25, -0.2) is 0 Å². The monoisotopic (exact) mass is 363 g/mol. The Hall–Kier alpha value is -2.91. The van der Waals surface area contributed by atoms with Gasteiger partial charge in [0.25, 0.3) is 5.91 Å². The second-order valence-corrected chi connectivity index (χ2v) is 7.53. The quantitative estimate of drug-likeness (QED) is 0.730. The molecule has 1 amide bonds. The van der Waals surface area contributed by atoms with Gasteiger partial charge in [-0.05, 0) is 38.2 Å². The molecule has 0 saturated heterocycles. The zero-order valence-corrected chi connectivity index (χ0v) is 15.2. The molecule has 1 aromatic carbocycles. The number of hydrogen-bond donors (Lipinski definition) is 1. The third kappa shape index (κ3) is 3.02. The lowest BCUT2D eigenvalue weighted by atomic mass is 9.96. The van der Waals surface area contributed by atoms with E-state index in [4.69, 9.17) is 4.52 Å². The molecule has 0 fully saturated rings. The van der Waals surface area contributed by atoms with Gasteiger partial charge in [0.15, 0.2) is 11.5 Å². The molecule has 26 heavy (non-hydrogen) atoms. The van der Waals surface area contributed by atoms with Gasteiger partial charge in [0.2, 0.25) is 0 Å². The van der Waals surface area contributed by atoms with Crippen LogP contribution in [0.4, 0.5) is 5.00 Å². The average molecular weight is 363 g/mol. The minimum Gasteiger partial charge on any atom is -0.355 e. The van der Waals surface area contributed by atoms with Gasteiger partial charge in [-0.15, -0.1) is 11.3 Å². The molecule has 0 atom stereocenters. The maximum absolute atomic E-state index is 12.6. The molecule has 0 spiro atoms. The van der Waals surface area contributed by atoms with Crippen LogP contribution in [0.1, 0.15) is 44.9 Å². The molecule has 1 aliphatic carbocycles. The average Bonchev–Trinajstić information content (AvgIpc) is 3.26. The predicted octanol–water partition coefficient (Wildman–Crippen LogP) is 4.71. The van der Waals surface area contributed by atoms with Crippen molar-refractivity contribution in [3.63, 3.8) is 0 Å². The van der Waals surface area contributed by atoms with Gasteiger partial charge in [0, 0.05) is 16.5 Å². The Labute approximate surface area is 155 Å². The van der Waals surface area contributed by atoms with E-state index in [-0.39, 0.29) is 11.6 Å². The van der Waals surface area contributed by atoms with Crippen molar-refractivity contribution in [1.82, 2.24) is 5.16 Å². The molecule has 2 heterocycles. The van der Waals surface area contributed by atoms with Crippen molar-refractivity contribution >= 4 is 22.2 Å². The van der Waals surface area contributed by atoms with Crippen molar-refractivity contribution in [2.75, 3.05) is 5.32 Å². The van der Waals surface area contributed by atoms with Crippen molar-refractivity contribution in [2.45, 2.75) is 32.6 Å². The van der Waals surface area contributed by atoms with E-state index in [1.807, 2.05) is 31.2 Å². The highest BCUT2D eigenvalue weighted by atomic mass is 32.1. The molecule has 3 aromatic rings. The lowest BCUT2D eigenvalue weighted by Crippen LogP contribution is -2.12. The minimum atomic E-state index is -0.359. The van der Waals surface area contributed by atoms with Gasteiger partial charge >= 0.3 is 0 Å². The second kappa shape index (κ2) is 6.77. The van der Waals surface area contributed by atoms with Gasteiger partial charge in [-0.1, -0.05) is 35.0 Å². The van der Waals surface area contributed by atoms with Gasteiger partial charge < -0.3 is 9.84 Å². The summed E-state index contributed by atoms with van der Waals surface area (Å²) in [6.07, 6.45) is 4.11. The third-order valence-corrected chi connectivity index (χ3v) is 5.80. The maximum atomic E-state index is 12.6. The molecular formula is C20H17N3O2S. The van der Waals surface area contributed by atoms with E-state index in [1.165, 1.54) is 16.2 Å². The van der Waals surface area contributed by atoms with Gasteiger partial charge in [0.1, 0.15) is 11.1 Å². The molecule has 5 nitrogen and oxygen atoms in total. The van der Waals surface area contributed by atoms with E-state index in [0.717, 1.165) is 42.4 Å². The number of fused-ring (bicyclic) bond motifs is 1. The minimum absolute atomic E-state index is 0.204. The molecular weight excluding hydrogens is 346 g/mol. The number of thiophene rings is 1. The molecule has 1 N–H and O–H groups in total. The Kier molecular flexibility index (Phi) is 4.31. The molecule has 130 valence electrons. The van der Waals surface area contributed by atoms with Crippen LogP contribution in [0.5, 0.6) is 0 Å². The molecule has 0 unspecified atom stereocenters. The summed E-state index contributed by atoms with van der Waals surface area (Å²) in [4.78, 5) is 13.8. The van der Waals surface area contributed by atoms with Crippen molar-refractivity contribution in [3.8, 4) is 17.4 Å². The lowest BCUT2D eigenvalue weighted by Gasteiger charge is -2.09. The molecule has 0 bridgehead atoms. The summed E-state index contributed by atoms with van der Waals surface area (Å²) in [5, 5.41) is 16.8. The fourth-order valence-electron chi connectivity index (χ4n) is 3.18. The van der Waals surface area contributed by atoms with Crippen LogP contribution in [-0.4, -0.2) is 11.1 Å². The third-order valence-electron chi connectivity index (χ3n) is 4.59. The number of hydrogen-bond acceptors (Lipinski definition) is 5. The molecule has 0 saturated carbocycles. The summed E-state index contributed by atoms with van der Waals surface area (Å²) in [7, 11) is 0. The number of rotatable bonds is 3. The lowest BCUT2D eigenvalue weighted by molar-refractivity contribution is 0.101. The number of anilines is 1. The van der Waals surface area contributed by atoms with Crippen LogP contribution in [0.3, 0.4) is 0 Å². The Morgan fingerprint density at radius 2 is 2.04 bits per heavy atom. The van der Waals surface area contributed by atoms with E-state index in [1.54, 1.807) is 6.07 Å². The van der Waals surface area contributed by atoms with Crippen molar-refractivity contribution in [3.05, 3.63) is 57.6 Å². The van der Waals surface area contributed by atoms with E-state index in [0.29, 0.717) is 16.3 Å². The summed E-state index contributed by atoms with van der Waals surface area (Å²) in [6.45, 7) is 2.01. The normalized spacial score (nSPS) is 13.1. The summed E-state index contributed by atoms with van der Waals surface area (Å²) in [5.41, 5.74) is 3.92. The molecule has 0 radical (unpaired) electrons. The van der Waals surface area contributed by atoms with Crippen molar-refractivity contribution in [2.24, 2.45) is 0 Å². The number of benzene rings is 1. The van der Waals surface area contributed by atoms with E-state index >= 15 is 0 Å². The van der Waals surface area contributed by atoms with Crippen LogP contribution >= 0.6 is 11.3 Å². The zero-order chi connectivity index (χ0) is 18.1. The number of carbonyl (C=O) groups excluding carboxylic acids is 1. The first-order chi connectivity index (χ1) is 12.7. The topological polar surface area (TPSA) is 78.9 Å². The van der Waals surface area contributed by atoms with Crippen LogP contribution in [0.15, 0.2) is 34.9 Å². The molecule has 0 aliphatic heterocycles. The highest BCUT2D eigenvalue weighted by Crippen LogP contribution is 2.37.